The lowest BCUT2D eigenvalue weighted by Crippen LogP contribution is -2.46. The molecule has 2 aromatic carbocycles. The van der Waals surface area contributed by atoms with Gasteiger partial charge < -0.3 is 9.64 Å². The molecule has 1 saturated heterocycles. The summed E-state index contributed by atoms with van der Waals surface area (Å²) in [6, 6.07) is 9.24. The van der Waals surface area contributed by atoms with Crippen LogP contribution in [0.5, 0.6) is 0 Å². The van der Waals surface area contributed by atoms with Crippen LogP contribution in [0.1, 0.15) is 11.1 Å². The van der Waals surface area contributed by atoms with E-state index in [1.807, 2.05) is 13.0 Å². The highest BCUT2D eigenvalue weighted by molar-refractivity contribution is 9.10. The fourth-order valence-corrected chi connectivity index (χ4v) is 3.61. The highest BCUT2D eigenvalue weighted by atomic mass is 79.9. The van der Waals surface area contributed by atoms with Crippen LogP contribution < -0.4 is 4.90 Å². The Kier molecular flexibility index (Phi) is 5.01. The summed E-state index contributed by atoms with van der Waals surface area (Å²) in [5, 5.41) is 0.264. The molecule has 1 unspecified atom stereocenters. The van der Waals surface area contributed by atoms with E-state index in [9.17, 15) is 13.2 Å². The number of aryl methyl sites for hydroxylation is 1. The molecule has 1 aliphatic rings. The zero-order valence-corrected chi connectivity index (χ0v) is 16.1. The van der Waals surface area contributed by atoms with Gasteiger partial charge in [0.1, 0.15) is 6.73 Å². The number of hydrogen-bond donors (Lipinski definition) is 0. The zero-order chi connectivity index (χ0) is 18.4. The van der Waals surface area contributed by atoms with E-state index in [0.717, 1.165) is 10.0 Å². The van der Waals surface area contributed by atoms with Crippen molar-refractivity contribution in [2.75, 3.05) is 18.2 Å². The van der Waals surface area contributed by atoms with Crippen LogP contribution in [-0.2, 0) is 10.3 Å². The number of hydrogen-bond acceptors (Lipinski definition) is 2. The minimum Gasteiger partial charge on any atom is -0.345 e. The van der Waals surface area contributed by atoms with Crippen molar-refractivity contribution in [1.82, 2.24) is 0 Å². The van der Waals surface area contributed by atoms with Gasteiger partial charge >= 0.3 is 6.18 Å². The Morgan fingerprint density at radius 1 is 1.12 bits per heavy atom. The van der Waals surface area contributed by atoms with Gasteiger partial charge in [0.05, 0.1) is 6.54 Å². The summed E-state index contributed by atoms with van der Waals surface area (Å²) < 4.78 is 48.1. The summed E-state index contributed by atoms with van der Waals surface area (Å²) in [6.07, 6.45) is -4.62. The minimum absolute atomic E-state index is 0.103. The van der Waals surface area contributed by atoms with E-state index in [-0.39, 0.29) is 28.9 Å². The van der Waals surface area contributed by atoms with Crippen LogP contribution in [-0.4, -0.2) is 19.5 Å². The quantitative estimate of drug-likeness (QED) is 0.526. The van der Waals surface area contributed by atoms with Crippen LogP contribution in [0.4, 0.5) is 18.9 Å². The van der Waals surface area contributed by atoms with Gasteiger partial charge in [-0.25, -0.2) is 0 Å². The monoisotopic (exact) mass is 453 g/mol. The van der Waals surface area contributed by atoms with E-state index in [2.05, 4.69) is 15.9 Å². The van der Waals surface area contributed by atoms with E-state index in [4.69, 9.17) is 27.9 Å². The van der Waals surface area contributed by atoms with Crippen LogP contribution in [0.25, 0.3) is 0 Å². The van der Waals surface area contributed by atoms with Crippen molar-refractivity contribution in [3.63, 3.8) is 0 Å². The Labute approximate surface area is 161 Å². The van der Waals surface area contributed by atoms with Gasteiger partial charge in [0.15, 0.2) is 0 Å². The lowest BCUT2D eigenvalue weighted by Gasteiger charge is -2.31. The molecular weight excluding hydrogens is 442 g/mol. The molecule has 0 aliphatic carbocycles. The molecule has 0 N–H and O–H groups in total. The summed E-state index contributed by atoms with van der Waals surface area (Å²) in [6.45, 7) is 1.30. The number of nitrogens with zero attached hydrogens (tertiary/aromatic N) is 1. The second-order valence-corrected chi connectivity index (χ2v) is 7.61. The van der Waals surface area contributed by atoms with Crippen molar-refractivity contribution in [2.45, 2.75) is 18.7 Å². The standard InChI is InChI=1S/C17H13BrCl2F3NO/c1-10-4-14(2-3-15(10)18)24-8-16(25-9-24,17(21,22)23)11-5-12(19)7-13(20)6-11/h2-7H,8-9H2,1H3. The molecule has 1 heterocycles. The van der Waals surface area contributed by atoms with Crippen molar-refractivity contribution in [3.05, 3.63) is 62.0 Å². The van der Waals surface area contributed by atoms with Crippen LogP contribution in [0.3, 0.4) is 0 Å². The third-order valence-corrected chi connectivity index (χ3v) is 5.50. The lowest BCUT2D eigenvalue weighted by molar-refractivity contribution is -0.264. The first-order valence-corrected chi connectivity index (χ1v) is 8.86. The summed E-state index contributed by atoms with van der Waals surface area (Å²) in [4.78, 5) is 1.54. The normalized spacial score (nSPS) is 21.0. The smallest absolute Gasteiger partial charge is 0.345 e. The summed E-state index contributed by atoms with van der Waals surface area (Å²) >= 11 is 15.2. The van der Waals surface area contributed by atoms with Crippen molar-refractivity contribution in [3.8, 4) is 0 Å². The molecule has 2 aromatic rings. The van der Waals surface area contributed by atoms with Crippen molar-refractivity contribution >= 4 is 44.8 Å². The number of halogens is 6. The van der Waals surface area contributed by atoms with Gasteiger partial charge in [-0.3, -0.25) is 0 Å². The molecule has 0 bridgehead atoms. The molecule has 8 heteroatoms. The van der Waals surface area contributed by atoms with Crippen molar-refractivity contribution < 1.29 is 17.9 Å². The van der Waals surface area contributed by atoms with E-state index in [0.29, 0.717) is 5.69 Å². The van der Waals surface area contributed by atoms with E-state index < -0.39 is 11.8 Å². The average molecular weight is 455 g/mol. The largest absolute Gasteiger partial charge is 0.423 e. The fourth-order valence-electron chi connectivity index (χ4n) is 2.84. The lowest BCUT2D eigenvalue weighted by atomic mass is 9.92. The highest BCUT2D eigenvalue weighted by Crippen LogP contribution is 2.48. The van der Waals surface area contributed by atoms with Crippen molar-refractivity contribution in [2.24, 2.45) is 0 Å². The van der Waals surface area contributed by atoms with Crippen LogP contribution >= 0.6 is 39.1 Å². The molecule has 2 nitrogen and oxygen atoms in total. The maximum absolute atomic E-state index is 14.0. The van der Waals surface area contributed by atoms with Gasteiger partial charge in [-0.15, -0.1) is 0 Å². The number of rotatable bonds is 2. The van der Waals surface area contributed by atoms with Crippen molar-refractivity contribution in [1.29, 1.82) is 0 Å². The topological polar surface area (TPSA) is 12.5 Å². The van der Waals surface area contributed by atoms with Gasteiger partial charge in [-0.05, 0) is 54.4 Å². The van der Waals surface area contributed by atoms with Gasteiger partial charge in [0.25, 0.3) is 0 Å². The molecule has 0 aromatic heterocycles. The molecule has 0 radical (unpaired) electrons. The zero-order valence-electron chi connectivity index (χ0n) is 13.0. The Morgan fingerprint density at radius 3 is 2.32 bits per heavy atom. The second-order valence-electron chi connectivity index (χ2n) is 5.89. The second kappa shape index (κ2) is 6.65. The first kappa shape index (κ1) is 18.8. The van der Waals surface area contributed by atoms with Gasteiger partial charge in [-0.1, -0.05) is 39.1 Å². The maximum Gasteiger partial charge on any atom is 0.423 e. The Morgan fingerprint density at radius 2 is 1.76 bits per heavy atom. The molecule has 1 aliphatic heterocycles. The first-order valence-electron chi connectivity index (χ1n) is 7.31. The van der Waals surface area contributed by atoms with E-state index in [1.54, 1.807) is 17.0 Å². The van der Waals surface area contributed by atoms with Gasteiger partial charge in [-0.2, -0.15) is 13.2 Å². The molecule has 0 spiro atoms. The Balaban J connectivity index is 2.03. The molecule has 0 saturated carbocycles. The highest BCUT2D eigenvalue weighted by Gasteiger charge is 2.61. The van der Waals surface area contributed by atoms with Gasteiger partial charge in [0, 0.05) is 20.2 Å². The number of anilines is 1. The molecule has 25 heavy (non-hydrogen) atoms. The predicted octanol–water partition coefficient (Wildman–Crippen LogP) is 6.32. The molecule has 0 amide bonds. The number of alkyl halides is 3. The number of ether oxygens (including phenoxy) is 1. The fraction of sp³-hybridized carbons (Fsp3) is 0.294. The van der Waals surface area contributed by atoms with Gasteiger partial charge in [0.2, 0.25) is 5.60 Å². The first-order chi connectivity index (χ1) is 11.6. The molecule has 1 atom stereocenters. The Bertz CT molecular complexity index is 795. The molecule has 134 valence electrons. The maximum atomic E-state index is 14.0. The Hall–Kier alpha value is -0.950. The molecular formula is C17H13BrCl2F3NO. The predicted molar refractivity (Wildman–Crippen MR) is 96.4 cm³/mol. The van der Waals surface area contributed by atoms with Crippen LogP contribution in [0.15, 0.2) is 40.9 Å². The van der Waals surface area contributed by atoms with E-state index >= 15 is 0 Å². The van der Waals surface area contributed by atoms with Crippen LogP contribution in [0, 0.1) is 6.92 Å². The third kappa shape index (κ3) is 3.50. The minimum atomic E-state index is -4.62. The summed E-state index contributed by atoms with van der Waals surface area (Å²) in [7, 11) is 0. The molecule has 1 fully saturated rings. The average Bonchev–Trinajstić information content (AvgIpc) is 2.95. The SMILES string of the molecule is Cc1cc(N2COC(c3cc(Cl)cc(Cl)c3)(C(F)(F)F)C2)ccc1Br. The summed E-state index contributed by atoms with van der Waals surface area (Å²) in [5.41, 5.74) is -1.01. The third-order valence-electron chi connectivity index (χ3n) is 4.17. The number of benzene rings is 2. The molecule has 3 rings (SSSR count). The summed E-state index contributed by atoms with van der Waals surface area (Å²) in [5.74, 6) is 0. The van der Waals surface area contributed by atoms with E-state index in [1.165, 1.54) is 18.2 Å². The van der Waals surface area contributed by atoms with Crippen LogP contribution in [0.2, 0.25) is 10.0 Å².